The lowest BCUT2D eigenvalue weighted by Gasteiger charge is -2.04. The van der Waals surface area contributed by atoms with Crippen LogP contribution in [0.4, 0.5) is 0 Å². The minimum Gasteiger partial charge on any atom is -0.507 e. The van der Waals surface area contributed by atoms with Crippen molar-refractivity contribution >= 4 is 22.4 Å². The van der Waals surface area contributed by atoms with Crippen molar-refractivity contribution in [2.75, 3.05) is 0 Å². The van der Waals surface area contributed by atoms with Gasteiger partial charge in [0.1, 0.15) is 5.75 Å². The second-order valence-electron chi connectivity index (χ2n) is 3.07. The fourth-order valence-electron chi connectivity index (χ4n) is 1.41. The van der Waals surface area contributed by atoms with E-state index in [0.717, 1.165) is 16.3 Å². The molecule has 0 heterocycles. The summed E-state index contributed by atoms with van der Waals surface area (Å²) in [5.74, 6) is 0.277. The maximum atomic E-state index is 9.53. The first-order valence-corrected chi connectivity index (χ1v) is 4.45. The summed E-state index contributed by atoms with van der Waals surface area (Å²) >= 11 is 6.09. The quantitative estimate of drug-likeness (QED) is 0.677. The molecular formula is C11H9ClO. The topological polar surface area (TPSA) is 20.2 Å². The van der Waals surface area contributed by atoms with Crippen LogP contribution in [0.15, 0.2) is 30.3 Å². The Morgan fingerprint density at radius 1 is 1.08 bits per heavy atom. The molecule has 0 unspecified atom stereocenters. The second-order valence-corrected chi connectivity index (χ2v) is 3.45. The van der Waals surface area contributed by atoms with E-state index in [-0.39, 0.29) is 5.75 Å². The highest BCUT2D eigenvalue weighted by atomic mass is 35.5. The third kappa shape index (κ3) is 1.25. The highest BCUT2D eigenvalue weighted by molar-refractivity contribution is 6.36. The monoisotopic (exact) mass is 192 g/mol. The zero-order chi connectivity index (χ0) is 9.42. The highest BCUT2D eigenvalue weighted by Crippen LogP contribution is 2.31. The van der Waals surface area contributed by atoms with Crippen LogP contribution >= 0.6 is 11.6 Å². The number of aromatic hydroxyl groups is 1. The summed E-state index contributed by atoms with van der Waals surface area (Å²) in [5, 5.41) is 12.0. The van der Waals surface area contributed by atoms with Gasteiger partial charge in [-0.1, -0.05) is 35.9 Å². The highest BCUT2D eigenvalue weighted by Gasteiger charge is 2.04. The molecule has 1 N–H and O–H groups in total. The average Bonchev–Trinajstić information content (AvgIpc) is 2.12. The summed E-state index contributed by atoms with van der Waals surface area (Å²) in [4.78, 5) is 0. The number of hydrogen-bond acceptors (Lipinski definition) is 1. The molecule has 0 aliphatic carbocycles. The molecule has 0 saturated carbocycles. The Balaban J connectivity index is 2.94. The lowest BCUT2D eigenvalue weighted by Crippen LogP contribution is -1.79. The van der Waals surface area contributed by atoms with Crippen LogP contribution < -0.4 is 0 Å². The van der Waals surface area contributed by atoms with Gasteiger partial charge in [-0.25, -0.2) is 0 Å². The number of benzene rings is 2. The second kappa shape index (κ2) is 2.93. The number of fused-ring (bicyclic) bond motifs is 1. The molecule has 0 saturated heterocycles. The van der Waals surface area contributed by atoms with E-state index in [1.807, 2.05) is 25.1 Å². The Bertz CT molecular complexity index is 463. The first-order chi connectivity index (χ1) is 6.20. The molecule has 13 heavy (non-hydrogen) atoms. The maximum absolute atomic E-state index is 9.53. The van der Waals surface area contributed by atoms with Gasteiger partial charge in [-0.05, 0) is 18.6 Å². The van der Waals surface area contributed by atoms with E-state index >= 15 is 0 Å². The number of halogens is 1. The van der Waals surface area contributed by atoms with Gasteiger partial charge in [0.25, 0.3) is 0 Å². The lowest BCUT2D eigenvalue weighted by atomic mass is 10.1. The van der Waals surface area contributed by atoms with E-state index in [1.54, 1.807) is 12.1 Å². The van der Waals surface area contributed by atoms with Gasteiger partial charge in [0.2, 0.25) is 0 Å². The van der Waals surface area contributed by atoms with Gasteiger partial charge in [0.15, 0.2) is 0 Å². The van der Waals surface area contributed by atoms with Crippen molar-refractivity contribution in [1.82, 2.24) is 0 Å². The van der Waals surface area contributed by atoms with E-state index in [4.69, 9.17) is 11.6 Å². The van der Waals surface area contributed by atoms with Crippen molar-refractivity contribution in [3.8, 4) is 5.75 Å². The lowest BCUT2D eigenvalue weighted by molar-refractivity contribution is 0.481. The van der Waals surface area contributed by atoms with Gasteiger partial charge >= 0.3 is 0 Å². The van der Waals surface area contributed by atoms with Gasteiger partial charge < -0.3 is 5.11 Å². The van der Waals surface area contributed by atoms with Crippen molar-refractivity contribution in [1.29, 1.82) is 0 Å². The normalized spacial score (nSPS) is 10.6. The van der Waals surface area contributed by atoms with E-state index in [1.165, 1.54) is 0 Å². The minimum absolute atomic E-state index is 0.277. The SMILES string of the molecule is Cc1ccc2c(O)cccc2c1Cl. The Morgan fingerprint density at radius 3 is 2.62 bits per heavy atom. The van der Waals surface area contributed by atoms with Crippen molar-refractivity contribution < 1.29 is 5.11 Å². The van der Waals surface area contributed by atoms with E-state index in [2.05, 4.69) is 0 Å². The standard InChI is InChI=1S/C11H9ClO/c1-7-5-6-8-9(11(7)12)3-2-4-10(8)13/h2-6,13H,1H3. The summed E-state index contributed by atoms with van der Waals surface area (Å²) in [6.07, 6.45) is 0. The number of hydrogen-bond donors (Lipinski definition) is 1. The van der Waals surface area contributed by atoms with Crippen LogP contribution in [0.1, 0.15) is 5.56 Å². The maximum Gasteiger partial charge on any atom is 0.123 e. The molecule has 0 bridgehead atoms. The summed E-state index contributed by atoms with van der Waals surface area (Å²) in [5.41, 5.74) is 1.03. The molecule has 0 spiro atoms. The molecule has 1 nitrogen and oxygen atoms in total. The first kappa shape index (κ1) is 8.39. The predicted molar refractivity (Wildman–Crippen MR) is 55.4 cm³/mol. The first-order valence-electron chi connectivity index (χ1n) is 4.07. The molecule has 0 amide bonds. The van der Waals surface area contributed by atoms with Crippen LogP contribution in [0, 0.1) is 6.92 Å². The van der Waals surface area contributed by atoms with E-state index in [9.17, 15) is 5.11 Å². The average molecular weight is 193 g/mol. The van der Waals surface area contributed by atoms with Gasteiger partial charge in [0.05, 0.1) is 5.02 Å². The molecule has 2 rings (SSSR count). The Hall–Kier alpha value is -1.21. The molecule has 0 aliphatic rings. The molecule has 2 aromatic rings. The zero-order valence-corrected chi connectivity index (χ0v) is 7.97. The summed E-state index contributed by atoms with van der Waals surface area (Å²) in [6, 6.07) is 9.15. The van der Waals surface area contributed by atoms with Gasteiger partial charge in [-0.15, -0.1) is 0 Å². The molecule has 66 valence electrons. The van der Waals surface area contributed by atoms with Crippen LogP contribution in [0.2, 0.25) is 5.02 Å². The molecule has 0 aliphatic heterocycles. The number of phenolic OH excluding ortho intramolecular Hbond substituents is 1. The van der Waals surface area contributed by atoms with Gasteiger partial charge in [-0.3, -0.25) is 0 Å². The van der Waals surface area contributed by atoms with Gasteiger partial charge in [-0.2, -0.15) is 0 Å². The molecular weight excluding hydrogens is 184 g/mol. The van der Waals surface area contributed by atoms with Crippen molar-refractivity contribution in [3.05, 3.63) is 40.9 Å². The Kier molecular flexibility index (Phi) is 1.89. The van der Waals surface area contributed by atoms with E-state index < -0.39 is 0 Å². The van der Waals surface area contributed by atoms with Crippen LogP contribution in [0.3, 0.4) is 0 Å². The largest absolute Gasteiger partial charge is 0.507 e. The summed E-state index contributed by atoms with van der Waals surface area (Å²) in [7, 11) is 0. The number of aryl methyl sites for hydroxylation is 1. The van der Waals surface area contributed by atoms with Crippen LogP contribution in [0.5, 0.6) is 5.75 Å². The third-order valence-corrected chi connectivity index (χ3v) is 2.67. The van der Waals surface area contributed by atoms with Crippen LogP contribution in [0.25, 0.3) is 10.8 Å². The van der Waals surface area contributed by atoms with Crippen LogP contribution in [-0.2, 0) is 0 Å². The summed E-state index contributed by atoms with van der Waals surface area (Å²) in [6.45, 7) is 1.95. The fraction of sp³-hybridized carbons (Fsp3) is 0.0909. The Morgan fingerprint density at radius 2 is 1.85 bits per heavy atom. The molecule has 0 radical (unpaired) electrons. The smallest absolute Gasteiger partial charge is 0.123 e. The van der Waals surface area contributed by atoms with Gasteiger partial charge in [0, 0.05) is 10.8 Å². The molecule has 2 heteroatoms. The summed E-state index contributed by atoms with van der Waals surface area (Å²) < 4.78 is 0. The number of rotatable bonds is 0. The van der Waals surface area contributed by atoms with E-state index in [0.29, 0.717) is 5.02 Å². The third-order valence-electron chi connectivity index (χ3n) is 2.17. The minimum atomic E-state index is 0.277. The molecule has 0 atom stereocenters. The zero-order valence-electron chi connectivity index (χ0n) is 7.21. The van der Waals surface area contributed by atoms with Crippen molar-refractivity contribution in [3.63, 3.8) is 0 Å². The molecule has 0 aromatic heterocycles. The van der Waals surface area contributed by atoms with Crippen LogP contribution in [-0.4, -0.2) is 5.11 Å². The molecule has 0 fully saturated rings. The van der Waals surface area contributed by atoms with Crippen molar-refractivity contribution in [2.24, 2.45) is 0 Å². The predicted octanol–water partition coefficient (Wildman–Crippen LogP) is 3.51. The van der Waals surface area contributed by atoms with Crippen molar-refractivity contribution in [2.45, 2.75) is 6.92 Å². The number of phenols is 1. The molecule has 2 aromatic carbocycles. The fourth-order valence-corrected chi connectivity index (χ4v) is 1.64. The Labute approximate surface area is 81.6 Å².